The molecule has 2 saturated heterocycles. The van der Waals surface area contributed by atoms with Gasteiger partial charge in [0.25, 0.3) is 0 Å². The Bertz CT molecular complexity index is 494. The van der Waals surface area contributed by atoms with Gasteiger partial charge in [0.05, 0.1) is 6.04 Å². The largest absolute Gasteiger partial charge is 0.329 e. The molecule has 3 rings (SSSR count). The predicted molar refractivity (Wildman–Crippen MR) is 75.2 cm³/mol. The zero-order valence-electron chi connectivity index (χ0n) is 11.6. The predicted octanol–water partition coefficient (Wildman–Crippen LogP) is 1.73. The van der Waals surface area contributed by atoms with Gasteiger partial charge in [-0.15, -0.1) is 0 Å². The molecule has 0 radical (unpaired) electrons. The number of nitrogens with zero attached hydrogens (tertiary/aromatic N) is 1. The molecule has 2 amide bonds. The lowest BCUT2D eigenvalue weighted by molar-refractivity contribution is 0.201. The summed E-state index contributed by atoms with van der Waals surface area (Å²) in [6.07, 6.45) is 1.06. The average molecular weight is 259 g/mol. The summed E-state index contributed by atoms with van der Waals surface area (Å²) < 4.78 is 0. The maximum absolute atomic E-state index is 12.1. The summed E-state index contributed by atoms with van der Waals surface area (Å²) in [4.78, 5) is 14.1. The maximum atomic E-state index is 12.1. The van der Waals surface area contributed by atoms with Crippen molar-refractivity contribution in [3.8, 4) is 0 Å². The van der Waals surface area contributed by atoms with Crippen LogP contribution in [-0.4, -0.2) is 36.6 Å². The molecule has 2 atom stereocenters. The van der Waals surface area contributed by atoms with Gasteiger partial charge in [0.2, 0.25) is 0 Å². The smallest absolute Gasteiger partial charge is 0.318 e. The summed E-state index contributed by atoms with van der Waals surface area (Å²) in [7, 11) is 0. The van der Waals surface area contributed by atoms with E-state index in [4.69, 9.17) is 0 Å². The molecule has 102 valence electrons. The lowest BCUT2D eigenvalue weighted by Crippen LogP contribution is -2.39. The van der Waals surface area contributed by atoms with Gasteiger partial charge in [-0.1, -0.05) is 18.2 Å². The van der Waals surface area contributed by atoms with Crippen molar-refractivity contribution in [2.24, 2.45) is 0 Å². The van der Waals surface area contributed by atoms with E-state index in [1.54, 1.807) is 0 Å². The number of benzene rings is 1. The first kappa shape index (κ1) is 12.5. The van der Waals surface area contributed by atoms with Crippen molar-refractivity contribution >= 4 is 6.03 Å². The SMILES string of the molecule is Cc1ccc(C2CN(C3CCNC3)C(=O)N2)cc1C. The fraction of sp³-hybridized carbons (Fsp3) is 0.533. The molecule has 4 nitrogen and oxygen atoms in total. The first-order chi connectivity index (χ1) is 9.15. The lowest BCUT2D eigenvalue weighted by atomic mass is 10.0. The van der Waals surface area contributed by atoms with Crippen LogP contribution in [0, 0.1) is 13.8 Å². The highest BCUT2D eigenvalue weighted by atomic mass is 16.2. The zero-order valence-corrected chi connectivity index (χ0v) is 11.6. The van der Waals surface area contributed by atoms with Crippen LogP contribution in [0.25, 0.3) is 0 Å². The molecule has 2 N–H and O–H groups in total. The van der Waals surface area contributed by atoms with E-state index in [1.807, 2.05) is 4.90 Å². The second-order valence-electron chi connectivity index (χ2n) is 5.64. The van der Waals surface area contributed by atoms with E-state index in [0.717, 1.165) is 26.1 Å². The molecule has 2 fully saturated rings. The van der Waals surface area contributed by atoms with Crippen molar-refractivity contribution in [2.75, 3.05) is 19.6 Å². The van der Waals surface area contributed by atoms with Gasteiger partial charge in [0.15, 0.2) is 0 Å². The molecule has 0 spiro atoms. The molecule has 2 unspecified atom stereocenters. The Morgan fingerprint density at radius 1 is 1.26 bits per heavy atom. The summed E-state index contributed by atoms with van der Waals surface area (Å²) in [5.74, 6) is 0. The number of hydrogen-bond acceptors (Lipinski definition) is 2. The van der Waals surface area contributed by atoms with Crippen molar-refractivity contribution in [1.29, 1.82) is 0 Å². The number of urea groups is 1. The van der Waals surface area contributed by atoms with Gasteiger partial charge in [-0.05, 0) is 43.5 Å². The van der Waals surface area contributed by atoms with E-state index >= 15 is 0 Å². The van der Waals surface area contributed by atoms with Gasteiger partial charge in [-0.3, -0.25) is 0 Å². The van der Waals surface area contributed by atoms with Gasteiger partial charge in [0, 0.05) is 19.1 Å². The second-order valence-corrected chi connectivity index (χ2v) is 5.64. The highest BCUT2D eigenvalue weighted by molar-refractivity contribution is 5.77. The lowest BCUT2D eigenvalue weighted by Gasteiger charge is -2.21. The first-order valence-corrected chi connectivity index (χ1v) is 7.00. The van der Waals surface area contributed by atoms with Crippen molar-refractivity contribution < 1.29 is 4.79 Å². The van der Waals surface area contributed by atoms with Gasteiger partial charge in [-0.25, -0.2) is 4.79 Å². The normalized spacial score (nSPS) is 26.8. The molecule has 1 aromatic carbocycles. The van der Waals surface area contributed by atoms with Crippen LogP contribution in [0.4, 0.5) is 4.79 Å². The van der Waals surface area contributed by atoms with Crippen molar-refractivity contribution in [1.82, 2.24) is 15.5 Å². The van der Waals surface area contributed by atoms with Gasteiger partial charge in [0.1, 0.15) is 0 Å². The van der Waals surface area contributed by atoms with E-state index in [-0.39, 0.29) is 12.1 Å². The molecule has 1 aromatic rings. The third kappa shape index (κ3) is 2.32. The van der Waals surface area contributed by atoms with Crippen LogP contribution in [0.2, 0.25) is 0 Å². The highest BCUT2D eigenvalue weighted by Gasteiger charge is 2.35. The monoisotopic (exact) mass is 259 g/mol. The molecule has 2 aliphatic rings. The van der Waals surface area contributed by atoms with Crippen LogP contribution in [0.15, 0.2) is 18.2 Å². The van der Waals surface area contributed by atoms with Crippen molar-refractivity contribution in [3.05, 3.63) is 34.9 Å². The number of aryl methyl sites for hydroxylation is 2. The molecule has 2 aliphatic heterocycles. The van der Waals surface area contributed by atoms with Crippen LogP contribution in [0.3, 0.4) is 0 Å². The van der Waals surface area contributed by atoms with Crippen LogP contribution in [-0.2, 0) is 0 Å². The summed E-state index contributed by atoms with van der Waals surface area (Å²) in [5.41, 5.74) is 3.79. The first-order valence-electron chi connectivity index (χ1n) is 7.00. The van der Waals surface area contributed by atoms with Crippen molar-refractivity contribution in [2.45, 2.75) is 32.4 Å². The minimum Gasteiger partial charge on any atom is -0.329 e. The Kier molecular flexibility index (Phi) is 3.19. The molecular formula is C15H21N3O. The van der Waals surface area contributed by atoms with Crippen LogP contribution < -0.4 is 10.6 Å². The van der Waals surface area contributed by atoms with Gasteiger partial charge in [-0.2, -0.15) is 0 Å². The quantitative estimate of drug-likeness (QED) is 0.849. The Balaban J connectivity index is 1.76. The van der Waals surface area contributed by atoms with E-state index in [9.17, 15) is 4.79 Å². The summed E-state index contributed by atoms with van der Waals surface area (Å²) in [5, 5.41) is 6.42. The van der Waals surface area contributed by atoms with Gasteiger partial charge < -0.3 is 15.5 Å². The molecule has 0 saturated carbocycles. The minimum absolute atomic E-state index is 0.0805. The summed E-state index contributed by atoms with van der Waals surface area (Å²) >= 11 is 0. The number of carbonyl (C=O) groups is 1. The van der Waals surface area contributed by atoms with Crippen molar-refractivity contribution in [3.63, 3.8) is 0 Å². The number of carbonyl (C=O) groups excluding carboxylic acids is 1. The van der Waals surface area contributed by atoms with Crippen LogP contribution in [0.1, 0.15) is 29.2 Å². The third-order valence-corrected chi connectivity index (χ3v) is 4.35. The van der Waals surface area contributed by atoms with E-state index < -0.39 is 0 Å². The topological polar surface area (TPSA) is 44.4 Å². The third-order valence-electron chi connectivity index (χ3n) is 4.35. The Morgan fingerprint density at radius 3 is 2.79 bits per heavy atom. The number of amides is 2. The molecule has 2 heterocycles. The fourth-order valence-electron chi connectivity index (χ4n) is 2.95. The Labute approximate surface area is 114 Å². The second kappa shape index (κ2) is 4.85. The van der Waals surface area contributed by atoms with Gasteiger partial charge >= 0.3 is 6.03 Å². The maximum Gasteiger partial charge on any atom is 0.318 e. The Hall–Kier alpha value is -1.55. The fourth-order valence-corrected chi connectivity index (χ4v) is 2.95. The highest BCUT2D eigenvalue weighted by Crippen LogP contribution is 2.25. The Morgan fingerprint density at radius 2 is 2.11 bits per heavy atom. The molecule has 19 heavy (non-hydrogen) atoms. The molecule has 4 heteroatoms. The van der Waals surface area contributed by atoms with E-state index in [0.29, 0.717) is 6.04 Å². The van der Waals surface area contributed by atoms with E-state index in [2.05, 4.69) is 42.7 Å². The number of rotatable bonds is 2. The van der Waals surface area contributed by atoms with Crippen LogP contribution in [0.5, 0.6) is 0 Å². The molecule has 0 aromatic heterocycles. The molecule has 0 bridgehead atoms. The summed E-state index contributed by atoms with van der Waals surface area (Å²) in [6.45, 7) is 6.96. The number of hydrogen-bond donors (Lipinski definition) is 2. The number of nitrogens with one attached hydrogen (secondary N) is 2. The van der Waals surface area contributed by atoms with Crippen LogP contribution >= 0.6 is 0 Å². The average Bonchev–Trinajstić information content (AvgIpc) is 3.01. The zero-order chi connectivity index (χ0) is 13.4. The summed E-state index contributed by atoms with van der Waals surface area (Å²) in [6, 6.07) is 7.03. The van der Waals surface area contributed by atoms with E-state index in [1.165, 1.54) is 16.7 Å². The molecular weight excluding hydrogens is 238 g/mol. The standard InChI is InChI=1S/C15H21N3O/c1-10-3-4-12(7-11(10)2)14-9-18(15(19)17-14)13-5-6-16-8-13/h3-4,7,13-14,16H,5-6,8-9H2,1-2H3,(H,17,19). The molecule has 0 aliphatic carbocycles. The minimum atomic E-state index is 0.0805.